The Morgan fingerprint density at radius 2 is 2.31 bits per heavy atom. The van der Waals surface area contributed by atoms with Crippen molar-refractivity contribution in [1.29, 1.82) is 0 Å². The van der Waals surface area contributed by atoms with Gasteiger partial charge in [0.2, 0.25) is 0 Å². The van der Waals surface area contributed by atoms with Crippen LogP contribution in [-0.4, -0.2) is 11.5 Å². The summed E-state index contributed by atoms with van der Waals surface area (Å²) in [6, 6.07) is 0. The summed E-state index contributed by atoms with van der Waals surface area (Å²) in [5.41, 5.74) is 1.18. The molecule has 1 rings (SSSR count). The highest BCUT2D eigenvalue weighted by atomic mass is 32.1. The molecule has 0 radical (unpaired) electrons. The lowest BCUT2D eigenvalue weighted by molar-refractivity contribution is 0.692. The molecule has 0 saturated carbocycles. The van der Waals surface area contributed by atoms with Gasteiger partial charge in [-0.05, 0) is 13.0 Å². The minimum absolute atomic E-state index is 0.611. The predicted molar refractivity (Wildman–Crippen MR) is 58.2 cm³/mol. The Labute approximate surface area is 84.4 Å². The van der Waals surface area contributed by atoms with Crippen LogP contribution >= 0.6 is 11.3 Å². The zero-order chi connectivity index (χ0) is 9.68. The molecule has 0 aromatic carbocycles. The van der Waals surface area contributed by atoms with Gasteiger partial charge in [0.15, 0.2) is 0 Å². The van der Waals surface area contributed by atoms with Crippen LogP contribution in [0.1, 0.15) is 43.8 Å². The molecule has 0 aliphatic carbocycles. The third-order valence-electron chi connectivity index (χ3n) is 2.16. The van der Waals surface area contributed by atoms with E-state index in [1.54, 1.807) is 11.3 Å². The molecule has 3 heteroatoms. The smallest absolute Gasteiger partial charge is 0.0956 e. The topological polar surface area (TPSA) is 24.9 Å². The van der Waals surface area contributed by atoms with Crippen LogP contribution in [0, 0.1) is 0 Å². The van der Waals surface area contributed by atoms with Crippen molar-refractivity contribution >= 4 is 11.3 Å². The van der Waals surface area contributed by atoms with E-state index >= 15 is 0 Å². The molecule has 1 unspecified atom stereocenters. The first kappa shape index (κ1) is 10.7. The fourth-order valence-corrected chi connectivity index (χ4v) is 2.02. The highest BCUT2D eigenvalue weighted by molar-refractivity contribution is 7.09. The van der Waals surface area contributed by atoms with Gasteiger partial charge in [0.05, 0.1) is 10.7 Å². The van der Waals surface area contributed by atoms with E-state index < -0.39 is 0 Å². The van der Waals surface area contributed by atoms with Crippen LogP contribution in [0.2, 0.25) is 0 Å². The van der Waals surface area contributed by atoms with E-state index in [0.717, 1.165) is 13.1 Å². The Kier molecular flexibility index (Phi) is 4.39. The number of hydrogen-bond acceptors (Lipinski definition) is 3. The molecule has 0 bridgehead atoms. The number of nitrogens with one attached hydrogen (secondary N) is 1. The first-order valence-electron chi connectivity index (χ1n) is 4.92. The molecule has 0 spiro atoms. The van der Waals surface area contributed by atoms with Gasteiger partial charge in [0, 0.05) is 17.8 Å². The maximum atomic E-state index is 4.57. The second-order valence-corrected chi connectivity index (χ2v) is 4.16. The zero-order valence-electron chi connectivity index (χ0n) is 8.63. The van der Waals surface area contributed by atoms with Gasteiger partial charge in [-0.3, -0.25) is 0 Å². The van der Waals surface area contributed by atoms with Gasteiger partial charge in [-0.15, -0.1) is 11.3 Å². The molecule has 0 amide bonds. The Hall–Kier alpha value is -0.410. The fourth-order valence-electron chi connectivity index (χ4n) is 1.06. The average Bonchev–Trinajstić information content (AvgIpc) is 2.62. The largest absolute Gasteiger partial charge is 0.311 e. The highest BCUT2D eigenvalue weighted by Crippen LogP contribution is 2.22. The van der Waals surface area contributed by atoms with Crippen molar-refractivity contribution in [2.45, 2.75) is 39.7 Å². The van der Waals surface area contributed by atoms with Crippen molar-refractivity contribution in [1.82, 2.24) is 10.3 Å². The predicted octanol–water partition coefficient (Wildman–Crippen LogP) is 2.77. The van der Waals surface area contributed by atoms with Crippen LogP contribution < -0.4 is 5.32 Å². The number of aromatic nitrogens is 1. The van der Waals surface area contributed by atoms with Crippen molar-refractivity contribution < 1.29 is 0 Å². The Balaban J connectivity index is 2.53. The lowest BCUT2D eigenvalue weighted by atomic mass is 10.1. The van der Waals surface area contributed by atoms with Gasteiger partial charge in [0.1, 0.15) is 0 Å². The Morgan fingerprint density at radius 1 is 1.54 bits per heavy atom. The minimum atomic E-state index is 0.611. The summed E-state index contributed by atoms with van der Waals surface area (Å²) in [6.07, 6.45) is 1.17. The molecule has 74 valence electrons. The minimum Gasteiger partial charge on any atom is -0.311 e. The summed E-state index contributed by atoms with van der Waals surface area (Å²) in [6.45, 7) is 8.47. The fraction of sp³-hybridized carbons (Fsp3) is 0.700. The molecule has 0 aliphatic rings. The van der Waals surface area contributed by atoms with Crippen LogP contribution in [-0.2, 0) is 6.54 Å². The SMILES string of the molecule is CCNCc1csc(C(C)CC)n1. The first-order chi connectivity index (χ1) is 6.27. The third kappa shape index (κ3) is 3.08. The number of thiazole rings is 1. The normalized spacial score (nSPS) is 13.2. The van der Waals surface area contributed by atoms with Crippen molar-refractivity contribution in [3.63, 3.8) is 0 Å². The lowest BCUT2D eigenvalue weighted by Crippen LogP contribution is -2.11. The summed E-state index contributed by atoms with van der Waals surface area (Å²) < 4.78 is 0. The van der Waals surface area contributed by atoms with Crippen molar-refractivity contribution in [3.8, 4) is 0 Å². The van der Waals surface area contributed by atoms with Crippen molar-refractivity contribution in [2.24, 2.45) is 0 Å². The molecule has 1 aromatic rings. The van der Waals surface area contributed by atoms with Gasteiger partial charge in [-0.25, -0.2) is 4.98 Å². The molecule has 1 N–H and O–H groups in total. The molecule has 2 nitrogen and oxygen atoms in total. The van der Waals surface area contributed by atoms with E-state index in [-0.39, 0.29) is 0 Å². The molecular weight excluding hydrogens is 180 g/mol. The van der Waals surface area contributed by atoms with Crippen LogP contribution in [0.15, 0.2) is 5.38 Å². The maximum Gasteiger partial charge on any atom is 0.0956 e. The standard InChI is InChI=1S/C10H18N2S/c1-4-8(3)10-12-9(7-13-10)6-11-5-2/h7-8,11H,4-6H2,1-3H3. The van der Waals surface area contributed by atoms with Crippen LogP contribution in [0.5, 0.6) is 0 Å². The second kappa shape index (κ2) is 5.35. The highest BCUT2D eigenvalue weighted by Gasteiger charge is 2.07. The zero-order valence-corrected chi connectivity index (χ0v) is 9.45. The van der Waals surface area contributed by atoms with Crippen LogP contribution in [0.4, 0.5) is 0 Å². The van der Waals surface area contributed by atoms with E-state index in [1.807, 2.05) is 0 Å². The van der Waals surface area contributed by atoms with E-state index in [2.05, 4.69) is 36.5 Å². The lowest BCUT2D eigenvalue weighted by Gasteiger charge is -2.02. The molecule has 13 heavy (non-hydrogen) atoms. The summed E-state index contributed by atoms with van der Waals surface area (Å²) in [4.78, 5) is 4.57. The van der Waals surface area contributed by atoms with Gasteiger partial charge in [-0.1, -0.05) is 20.8 Å². The van der Waals surface area contributed by atoms with Crippen molar-refractivity contribution in [2.75, 3.05) is 6.54 Å². The van der Waals surface area contributed by atoms with E-state index in [4.69, 9.17) is 0 Å². The van der Waals surface area contributed by atoms with Gasteiger partial charge >= 0.3 is 0 Å². The summed E-state index contributed by atoms with van der Waals surface area (Å²) in [5.74, 6) is 0.611. The van der Waals surface area contributed by atoms with E-state index in [9.17, 15) is 0 Å². The Morgan fingerprint density at radius 3 is 2.92 bits per heavy atom. The number of rotatable bonds is 5. The number of nitrogens with zero attached hydrogens (tertiary/aromatic N) is 1. The quantitative estimate of drug-likeness (QED) is 0.787. The van der Waals surface area contributed by atoms with Gasteiger partial charge < -0.3 is 5.32 Å². The number of hydrogen-bond donors (Lipinski definition) is 1. The van der Waals surface area contributed by atoms with Gasteiger partial charge in [0.25, 0.3) is 0 Å². The molecule has 1 heterocycles. The molecule has 0 saturated heterocycles. The van der Waals surface area contributed by atoms with E-state index in [0.29, 0.717) is 5.92 Å². The molecule has 1 aromatic heterocycles. The van der Waals surface area contributed by atoms with Crippen LogP contribution in [0.25, 0.3) is 0 Å². The van der Waals surface area contributed by atoms with Crippen LogP contribution in [0.3, 0.4) is 0 Å². The third-order valence-corrected chi connectivity index (χ3v) is 3.28. The summed E-state index contributed by atoms with van der Waals surface area (Å²) >= 11 is 1.78. The first-order valence-corrected chi connectivity index (χ1v) is 5.80. The average molecular weight is 198 g/mol. The summed E-state index contributed by atoms with van der Waals surface area (Å²) in [7, 11) is 0. The maximum absolute atomic E-state index is 4.57. The molecule has 1 atom stereocenters. The Bertz CT molecular complexity index is 245. The van der Waals surface area contributed by atoms with Gasteiger partial charge in [-0.2, -0.15) is 0 Å². The molecular formula is C10H18N2S. The monoisotopic (exact) mass is 198 g/mol. The van der Waals surface area contributed by atoms with Crippen molar-refractivity contribution in [3.05, 3.63) is 16.1 Å². The molecule has 0 aliphatic heterocycles. The van der Waals surface area contributed by atoms with E-state index in [1.165, 1.54) is 17.1 Å². The summed E-state index contributed by atoms with van der Waals surface area (Å²) in [5, 5.41) is 6.71. The second-order valence-electron chi connectivity index (χ2n) is 3.27. The molecule has 0 fully saturated rings.